The molecule has 0 amide bonds. The van der Waals surface area contributed by atoms with Crippen molar-refractivity contribution in [2.24, 2.45) is 0 Å². The number of nitrogens with zero attached hydrogens (tertiary/aromatic N) is 4. The van der Waals surface area contributed by atoms with Crippen LogP contribution < -0.4 is 0 Å². The van der Waals surface area contributed by atoms with Crippen molar-refractivity contribution < 1.29 is 9.90 Å². The predicted octanol–water partition coefficient (Wildman–Crippen LogP) is 2.14. The Balaban J connectivity index is 2.18. The number of hydrogen-bond donors (Lipinski definition) is 1. The number of tetrazole rings is 1. The number of aromatic nitrogens is 4. The summed E-state index contributed by atoms with van der Waals surface area (Å²) in [7, 11) is 0. The van der Waals surface area contributed by atoms with E-state index in [0.29, 0.717) is 18.7 Å². The van der Waals surface area contributed by atoms with Crippen molar-refractivity contribution in [3.8, 4) is 0 Å². The Morgan fingerprint density at radius 1 is 1.58 bits per heavy atom. The van der Waals surface area contributed by atoms with Gasteiger partial charge in [0.15, 0.2) is 11.9 Å². The Bertz CT molecular complexity index is 524. The monoisotopic (exact) mass is 280 g/mol. The van der Waals surface area contributed by atoms with Crippen LogP contribution in [0.15, 0.2) is 17.5 Å². The minimum Gasteiger partial charge on any atom is -0.480 e. The molecule has 6 nitrogen and oxygen atoms in total. The lowest BCUT2D eigenvalue weighted by Gasteiger charge is -2.13. The van der Waals surface area contributed by atoms with Crippen molar-refractivity contribution in [2.45, 2.75) is 38.6 Å². The fourth-order valence-electron chi connectivity index (χ4n) is 1.89. The SMILES string of the molecule is CCCCC(C(=O)O)n1nnnc1Cc1cccs1. The number of carboxylic acid groups (broad SMARTS) is 1. The van der Waals surface area contributed by atoms with Gasteiger partial charge in [0.05, 0.1) is 0 Å². The summed E-state index contributed by atoms with van der Waals surface area (Å²) in [6.07, 6.45) is 2.91. The van der Waals surface area contributed by atoms with E-state index >= 15 is 0 Å². The fraction of sp³-hybridized carbons (Fsp3) is 0.500. The van der Waals surface area contributed by atoms with E-state index in [0.717, 1.165) is 17.7 Å². The fourth-order valence-corrected chi connectivity index (χ4v) is 2.59. The van der Waals surface area contributed by atoms with E-state index < -0.39 is 12.0 Å². The van der Waals surface area contributed by atoms with E-state index in [1.54, 1.807) is 11.3 Å². The number of aliphatic carboxylic acids is 1. The molecule has 0 aliphatic rings. The second-order valence-electron chi connectivity index (χ2n) is 4.29. The van der Waals surface area contributed by atoms with Gasteiger partial charge in [0.25, 0.3) is 0 Å². The zero-order valence-electron chi connectivity index (χ0n) is 10.7. The minimum atomic E-state index is -0.881. The molecule has 1 atom stereocenters. The minimum absolute atomic E-state index is 0.550. The normalized spacial score (nSPS) is 12.5. The predicted molar refractivity (Wildman–Crippen MR) is 71.1 cm³/mol. The zero-order chi connectivity index (χ0) is 13.7. The van der Waals surface area contributed by atoms with Gasteiger partial charge in [-0.1, -0.05) is 25.8 Å². The maximum Gasteiger partial charge on any atom is 0.328 e. The Morgan fingerprint density at radius 3 is 3.05 bits per heavy atom. The lowest BCUT2D eigenvalue weighted by Crippen LogP contribution is -2.22. The molecule has 0 saturated carbocycles. The highest BCUT2D eigenvalue weighted by atomic mass is 32.1. The Kier molecular flexibility index (Phi) is 4.62. The van der Waals surface area contributed by atoms with Crippen LogP contribution in [0.1, 0.15) is 42.9 Å². The van der Waals surface area contributed by atoms with E-state index in [-0.39, 0.29) is 0 Å². The summed E-state index contributed by atoms with van der Waals surface area (Å²) in [5.74, 6) is -0.279. The molecule has 7 heteroatoms. The number of rotatable bonds is 7. The molecule has 0 fully saturated rings. The molecule has 2 aromatic heterocycles. The average molecular weight is 280 g/mol. The summed E-state index contributed by atoms with van der Waals surface area (Å²) in [5, 5.41) is 22.7. The first-order chi connectivity index (χ1) is 9.22. The van der Waals surface area contributed by atoms with Gasteiger partial charge in [-0.3, -0.25) is 0 Å². The quantitative estimate of drug-likeness (QED) is 0.840. The molecule has 0 aliphatic heterocycles. The van der Waals surface area contributed by atoms with Crippen LogP contribution in [0.3, 0.4) is 0 Å². The number of hydrogen-bond acceptors (Lipinski definition) is 5. The first kappa shape index (κ1) is 13.7. The van der Waals surface area contributed by atoms with Crippen molar-refractivity contribution in [1.82, 2.24) is 20.2 Å². The molecule has 2 aromatic rings. The highest BCUT2D eigenvalue weighted by Crippen LogP contribution is 2.19. The van der Waals surface area contributed by atoms with E-state index in [1.807, 2.05) is 24.4 Å². The van der Waals surface area contributed by atoms with Crippen LogP contribution in [0, 0.1) is 0 Å². The molecule has 2 rings (SSSR count). The molecule has 1 N–H and O–H groups in total. The largest absolute Gasteiger partial charge is 0.480 e. The molecule has 0 spiro atoms. The molecule has 102 valence electrons. The van der Waals surface area contributed by atoms with Gasteiger partial charge in [-0.25, -0.2) is 9.48 Å². The van der Waals surface area contributed by atoms with Crippen LogP contribution >= 0.6 is 11.3 Å². The van der Waals surface area contributed by atoms with Crippen LogP contribution in [-0.4, -0.2) is 31.3 Å². The third-order valence-electron chi connectivity index (χ3n) is 2.88. The van der Waals surface area contributed by atoms with Crippen molar-refractivity contribution in [2.75, 3.05) is 0 Å². The molecular formula is C12H16N4O2S. The zero-order valence-corrected chi connectivity index (χ0v) is 11.5. The highest BCUT2D eigenvalue weighted by Gasteiger charge is 2.23. The molecule has 1 unspecified atom stereocenters. The van der Waals surface area contributed by atoms with Crippen LogP contribution in [0.4, 0.5) is 0 Å². The van der Waals surface area contributed by atoms with E-state index in [4.69, 9.17) is 0 Å². The third kappa shape index (κ3) is 3.37. The Labute approximate surface area is 115 Å². The van der Waals surface area contributed by atoms with Gasteiger partial charge >= 0.3 is 5.97 Å². The summed E-state index contributed by atoms with van der Waals surface area (Å²) in [5.41, 5.74) is 0. The van der Waals surface area contributed by atoms with Crippen molar-refractivity contribution in [1.29, 1.82) is 0 Å². The van der Waals surface area contributed by atoms with Gasteiger partial charge in [-0.15, -0.1) is 16.4 Å². The molecule has 0 aliphatic carbocycles. The maximum absolute atomic E-state index is 11.3. The van der Waals surface area contributed by atoms with Crippen molar-refractivity contribution in [3.63, 3.8) is 0 Å². The summed E-state index contributed by atoms with van der Waals surface area (Å²) in [6, 6.07) is 3.27. The second-order valence-corrected chi connectivity index (χ2v) is 5.32. The van der Waals surface area contributed by atoms with Gasteiger partial charge in [-0.2, -0.15) is 0 Å². The summed E-state index contributed by atoms with van der Waals surface area (Å²) in [6.45, 7) is 2.03. The number of unbranched alkanes of at least 4 members (excludes halogenated alkanes) is 1. The lowest BCUT2D eigenvalue weighted by atomic mass is 10.1. The summed E-state index contributed by atoms with van der Waals surface area (Å²) >= 11 is 1.61. The highest BCUT2D eigenvalue weighted by molar-refractivity contribution is 7.09. The van der Waals surface area contributed by atoms with Gasteiger partial charge in [0, 0.05) is 11.3 Å². The van der Waals surface area contributed by atoms with E-state index in [2.05, 4.69) is 15.5 Å². The lowest BCUT2D eigenvalue weighted by molar-refractivity contribution is -0.141. The first-order valence-electron chi connectivity index (χ1n) is 6.24. The molecular weight excluding hydrogens is 264 g/mol. The summed E-state index contributed by atoms with van der Waals surface area (Å²) in [4.78, 5) is 12.5. The first-order valence-corrected chi connectivity index (χ1v) is 7.12. The summed E-state index contributed by atoms with van der Waals surface area (Å²) < 4.78 is 1.44. The van der Waals surface area contributed by atoms with Gasteiger partial charge in [-0.05, 0) is 28.3 Å². The number of thiophene rings is 1. The maximum atomic E-state index is 11.3. The topological polar surface area (TPSA) is 80.9 Å². The number of carboxylic acids is 1. The number of carbonyl (C=O) groups is 1. The smallest absolute Gasteiger partial charge is 0.328 e. The van der Waals surface area contributed by atoms with Gasteiger partial charge in [0.1, 0.15) is 0 Å². The standard InChI is InChI=1S/C12H16N4O2S/c1-2-3-6-10(12(17)18)16-11(13-14-15-16)8-9-5-4-7-19-9/h4-5,7,10H,2-3,6,8H2,1H3,(H,17,18). The average Bonchev–Trinajstić information content (AvgIpc) is 3.02. The molecule has 2 heterocycles. The molecule has 0 aromatic carbocycles. The molecule has 0 radical (unpaired) electrons. The molecule has 19 heavy (non-hydrogen) atoms. The van der Waals surface area contributed by atoms with Crippen molar-refractivity contribution in [3.05, 3.63) is 28.2 Å². The second kappa shape index (κ2) is 6.42. The van der Waals surface area contributed by atoms with Crippen LogP contribution in [0.25, 0.3) is 0 Å². The van der Waals surface area contributed by atoms with Crippen LogP contribution in [0.5, 0.6) is 0 Å². The molecule has 0 saturated heterocycles. The molecule has 0 bridgehead atoms. The van der Waals surface area contributed by atoms with E-state index in [9.17, 15) is 9.90 Å². The Hall–Kier alpha value is -1.76. The van der Waals surface area contributed by atoms with Crippen LogP contribution in [-0.2, 0) is 11.2 Å². The van der Waals surface area contributed by atoms with Crippen molar-refractivity contribution >= 4 is 17.3 Å². The van der Waals surface area contributed by atoms with Gasteiger partial charge in [0.2, 0.25) is 0 Å². The third-order valence-corrected chi connectivity index (χ3v) is 3.76. The van der Waals surface area contributed by atoms with E-state index in [1.165, 1.54) is 4.68 Å². The van der Waals surface area contributed by atoms with Crippen LogP contribution in [0.2, 0.25) is 0 Å². The Morgan fingerprint density at radius 2 is 2.42 bits per heavy atom. The van der Waals surface area contributed by atoms with Gasteiger partial charge < -0.3 is 5.11 Å².